The maximum atomic E-state index is 11.6. The first-order valence-electron chi connectivity index (χ1n) is 4.83. The molecule has 80 valence electrons. The van der Waals surface area contributed by atoms with Gasteiger partial charge in [0.25, 0.3) is 10.0 Å². The molecule has 0 radical (unpaired) electrons. The number of nitrogens with one attached hydrogen (secondary N) is 1. The number of benzene rings is 1. The van der Waals surface area contributed by atoms with Crippen molar-refractivity contribution in [3.05, 3.63) is 35.5 Å². The Morgan fingerprint density at radius 3 is 2.67 bits per heavy atom. The van der Waals surface area contributed by atoms with Crippen LogP contribution >= 0.6 is 0 Å². The van der Waals surface area contributed by atoms with Gasteiger partial charge >= 0.3 is 0 Å². The largest absolute Gasteiger partial charge is 0.286 e. The fraction of sp³-hybridized carbons (Fsp3) is 0.273. The molecule has 2 rings (SSSR count). The molecular weight excluding hydrogens is 210 g/mol. The molecule has 0 unspecified atom stereocenters. The van der Waals surface area contributed by atoms with Gasteiger partial charge in [-0.1, -0.05) is 26.0 Å². The van der Waals surface area contributed by atoms with Gasteiger partial charge in [0, 0.05) is 6.20 Å². The van der Waals surface area contributed by atoms with Gasteiger partial charge in [0.05, 0.1) is 4.90 Å². The molecule has 0 atom stereocenters. The zero-order valence-electron chi connectivity index (χ0n) is 8.69. The van der Waals surface area contributed by atoms with E-state index in [1.54, 1.807) is 12.1 Å². The molecule has 1 aliphatic rings. The first-order valence-corrected chi connectivity index (χ1v) is 6.32. The summed E-state index contributed by atoms with van der Waals surface area (Å²) >= 11 is 0. The van der Waals surface area contributed by atoms with Crippen molar-refractivity contribution in [3.8, 4) is 0 Å². The third-order valence-electron chi connectivity index (χ3n) is 2.48. The topological polar surface area (TPSA) is 46.2 Å². The molecule has 0 spiro atoms. The second-order valence-electron chi connectivity index (χ2n) is 3.91. The van der Waals surface area contributed by atoms with Crippen LogP contribution in [0, 0.1) is 0 Å². The monoisotopic (exact) mass is 223 g/mol. The van der Waals surface area contributed by atoms with Crippen molar-refractivity contribution in [1.29, 1.82) is 0 Å². The Labute approximate surface area is 89.9 Å². The molecule has 1 aliphatic heterocycles. The molecule has 4 heteroatoms. The molecule has 0 saturated heterocycles. The standard InChI is InChI=1S/C11H13NO2S/c1-8(2)9-3-4-11-10(7-9)5-6-12-15(11,13)14/h3-8,12H,1-2H3. The van der Waals surface area contributed by atoms with Crippen LogP contribution in [0.3, 0.4) is 0 Å². The first kappa shape index (κ1) is 10.2. The van der Waals surface area contributed by atoms with Crippen LogP contribution in [0.2, 0.25) is 0 Å². The molecule has 15 heavy (non-hydrogen) atoms. The van der Waals surface area contributed by atoms with Crippen LogP contribution in [0.4, 0.5) is 0 Å². The third-order valence-corrected chi connectivity index (χ3v) is 3.87. The summed E-state index contributed by atoms with van der Waals surface area (Å²) in [6.07, 6.45) is 3.24. The van der Waals surface area contributed by atoms with Crippen molar-refractivity contribution in [2.45, 2.75) is 24.7 Å². The van der Waals surface area contributed by atoms with Gasteiger partial charge < -0.3 is 0 Å². The van der Waals surface area contributed by atoms with Crippen LogP contribution in [0.5, 0.6) is 0 Å². The maximum absolute atomic E-state index is 11.6. The number of sulfonamides is 1. The molecule has 0 aromatic heterocycles. The van der Waals surface area contributed by atoms with E-state index < -0.39 is 10.0 Å². The van der Waals surface area contributed by atoms with E-state index in [0.717, 1.165) is 11.1 Å². The Balaban J connectivity index is 2.61. The lowest BCUT2D eigenvalue weighted by Gasteiger charge is -2.15. The summed E-state index contributed by atoms with van der Waals surface area (Å²) in [4.78, 5) is 0.356. The Bertz CT molecular complexity index is 515. The van der Waals surface area contributed by atoms with Gasteiger partial charge in [0.15, 0.2) is 0 Å². The minimum Gasteiger partial charge on any atom is -0.286 e. The minimum atomic E-state index is -3.32. The average Bonchev–Trinajstić information content (AvgIpc) is 2.16. The van der Waals surface area contributed by atoms with E-state index in [2.05, 4.69) is 18.6 Å². The van der Waals surface area contributed by atoms with Crippen molar-refractivity contribution in [1.82, 2.24) is 4.72 Å². The highest BCUT2D eigenvalue weighted by atomic mass is 32.2. The average molecular weight is 223 g/mol. The highest BCUT2D eigenvalue weighted by Crippen LogP contribution is 2.25. The van der Waals surface area contributed by atoms with Crippen molar-refractivity contribution < 1.29 is 8.42 Å². The van der Waals surface area contributed by atoms with Gasteiger partial charge in [-0.2, -0.15) is 0 Å². The molecule has 0 saturated carbocycles. The molecule has 1 N–H and O–H groups in total. The molecule has 1 aromatic carbocycles. The lowest BCUT2D eigenvalue weighted by Crippen LogP contribution is -2.21. The summed E-state index contributed by atoms with van der Waals surface area (Å²) in [6, 6.07) is 5.45. The van der Waals surface area contributed by atoms with Crippen molar-refractivity contribution in [2.75, 3.05) is 0 Å². The molecular formula is C11H13NO2S. The number of hydrogen-bond donors (Lipinski definition) is 1. The molecule has 1 aromatic rings. The lowest BCUT2D eigenvalue weighted by molar-refractivity contribution is 0.589. The van der Waals surface area contributed by atoms with E-state index in [9.17, 15) is 8.42 Å². The molecule has 0 aliphatic carbocycles. The zero-order valence-corrected chi connectivity index (χ0v) is 9.51. The van der Waals surface area contributed by atoms with Crippen LogP contribution in [0.15, 0.2) is 29.3 Å². The van der Waals surface area contributed by atoms with Crippen LogP contribution < -0.4 is 4.72 Å². The van der Waals surface area contributed by atoms with E-state index in [1.807, 2.05) is 12.1 Å². The van der Waals surface area contributed by atoms with Gasteiger partial charge in [-0.3, -0.25) is 4.72 Å². The van der Waals surface area contributed by atoms with E-state index in [1.165, 1.54) is 6.20 Å². The van der Waals surface area contributed by atoms with Crippen LogP contribution in [-0.4, -0.2) is 8.42 Å². The smallest absolute Gasteiger partial charge is 0.262 e. The highest BCUT2D eigenvalue weighted by molar-refractivity contribution is 7.89. The quantitative estimate of drug-likeness (QED) is 0.792. The van der Waals surface area contributed by atoms with Gasteiger partial charge in [0.2, 0.25) is 0 Å². The Morgan fingerprint density at radius 1 is 1.27 bits per heavy atom. The lowest BCUT2D eigenvalue weighted by atomic mass is 10.0. The molecule has 0 amide bonds. The fourth-order valence-corrected chi connectivity index (χ4v) is 2.64. The number of hydrogen-bond acceptors (Lipinski definition) is 2. The summed E-state index contributed by atoms with van der Waals surface area (Å²) in [5.41, 5.74) is 1.91. The Hall–Kier alpha value is -1.29. The van der Waals surface area contributed by atoms with E-state index in [-0.39, 0.29) is 0 Å². The normalized spacial score (nSPS) is 17.3. The first-order chi connectivity index (χ1) is 7.00. The van der Waals surface area contributed by atoms with Gasteiger partial charge in [-0.15, -0.1) is 0 Å². The second kappa shape index (κ2) is 3.38. The summed E-state index contributed by atoms with van der Waals surface area (Å²) in [5.74, 6) is 0.404. The highest BCUT2D eigenvalue weighted by Gasteiger charge is 2.19. The molecule has 0 bridgehead atoms. The second-order valence-corrected chi connectivity index (χ2v) is 5.59. The maximum Gasteiger partial charge on any atom is 0.262 e. The van der Waals surface area contributed by atoms with Crippen molar-refractivity contribution >= 4 is 16.1 Å². The van der Waals surface area contributed by atoms with Crippen LogP contribution in [-0.2, 0) is 10.0 Å². The molecule has 3 nitrogen and oxygen atoms in total. The summed E-state index contributed by atoms with van der Waals surface area (Å²) < 4.78 is 25.5. The molecule has 1 heterocycles. The third kappa shape index (κ3) is 1.77. The van der Waals surface area contributed by atoms with Crippen LogP contribution in [0.25, 0.3) is 6.08 Å². The predicted molar refractivity (Wildman–Crippen MR) is 59.9 cm³/mol. The van der Waals surface area contributed by atoms with Gasteiger partial charge in [-0.25, -0.2) is 8.42 Å². The summed E-state index contributed by atoms with van der Waals surface area (Å²) in [7, 11) is -3.32. The van der Waals surface area contributed by atoms with E-state index in [0.29, 0.717) is 10.8 Å². The van der Waals surface area contributed by atoms with E-state index >= 15 is 0 Å². The van der Waals surface area contributed by atoms with Crippen molar-refractivity contribution in [3.63, 3.8) is 0 Å². The van der Waals surface area contributed by atoms with Gasteiger partial charge in [-0.05, 0) is 29.2 Å². The minimum absolute atomic E-state index is 0.356. The number of rotatable bonds is 1. The molecule has 0 fully saturated rings. The summed E-state index contributed by atoms with van der Waals surface area (Å²) in [6.45, 7) is 4.17. The van der Waals surface area contributed by atoms with Crippen molar-refractivity contribution in [2.24, 2.45) is 0 Å². The Kier molecular flexibility index (Phi) is 2.31. The van der Waals surface area contributed by atoms with Crippen LogP contribution in [0.1, 0.15) is 30.9 Å². The zero-order chi connectivity index (χ0) is 11.1. The SMILES string of the molecule is CC(C)c1ccc2c(c1)C=CNS2(=O)=O. The predicted octanol–water partition coefficient (Wildman–Crippen LogP) is 2.07. The number of fused-ring (bicyclic) bond motifs is 1. The fourth-order valence-electron chi connectivity index (χ4n) is 1.58. The summed E-state index contributed by atoms with van der Waals surface area (Å²) in [5, 5.41) is 0. The van der Waals surface area contributed by atoms with Gasteiger partial charge in [0.1, 0.15) is 0 Å². The Morgan fingerprint density at radius 2 is 2.00 bits per heavy atom. The van der Waals surface area contributed by atoms with E-state index in [4.69, 9.17) is 0 Å².